The molecule has 0 radical (unpaired) electrons. The molecule has 0 amide bonds. The molecule has 0 unspecified atom stereocenters. The molecule has 4 aromatic carbocycles. The second kappa shape index (κ2) is 7.67. The SMILES string of the molecule is FC(F)(F)c1cccc(-c2cccc(-c3ccc(-c4nc5ccccc5s4)cc3)c2)c1. The van der Waals surface area contributed by atoms with Crippen LogP contribution in [0.15, 0.2) is 97.1 Å². The monoisotopic (exact) mass is 431 g/mol. The van der Waals surface area contributed by atoms with Gasteiger partial charge in [-0.1, -0.05) is 66.7 Å². The van der Waals surface area contributed by atoms with E-state index in [1.165, 1.54) is 12.1 Å². The van der Waals surface area contributed by atoms with E-state index in [4.69, 9.17) is 4.98 Å². The highest BCUT2D eigenvalue weighted by molar-refractivity contribution is 7.21. The fourth-order valence-electron chi connectivity index (χ4n) is 3.55. The van der Waals surface area contributed by atoms with E-state index < -0.39 is 11.7 Å². The summed E-state index contributed by atoms with van der Waals surface area (Å²) in [6.07, 6.45) is -4.36. The minimum absolute atomic E-state index is 0.544. The van der Waals surface area contributed by atoms with Gasteiger partial charge in [-0.3, -0.25) is 0 Å². The number of halogens is 3. The molecule has 0 N–H and O–H groups in total. The fraction of sp³-hybridized carbons (Fsp3) is 0.0385. The quantitative estimate of drug-likeness (QED) is 0.280. The molecule has 31 heavy (non-hydrogen) atoms. The van der Waals surface area contributed by atoms with E-state index in [0.29, 0.717) is 5.56 Å². The molecule has 0 aliphatic carbocycles. The minimum Gasteiger partial charge on any atom is -0.236 e. The van der Waals surface area contributed by atoms with Crippen LogP contribution in [0.5, 0.6) is 0 Å². The first-order chi connectivity index (χ1) is 15.0. The van der Waals surface area contributed by atoms with Crippen molar-refractivity contribution in [3.63, 3.8) is 0 Å². The maximum Gasteiger partial charge on any atom is 0.416 e. The third-order valence-corrected chi connectivity index (χ3v) is 6.23. The van der Waals surface area contributed by atoms with Gasteiger partial charge in [0.1, 0.15) is 5.01 Å². The Kier molecular flexibility index (Phi) is 4.83. The number of alkyl halides is 3. The van der Waals surface area contributed by atoms with E-state index in [2.05, 4.69) is 6.07 Å². The Balaban J connectivity index is 1.46. The number of hydrogen-bond donors (Lipinski definition) is 0. The molecule has 0 aliphatic heterocycles. The molecule has 0 aliphatic rings. The van der Waals surface area contributed by atoms with Gasteiger partial charge in [-0.2, -0.15) is 13.2 Å². The van der Waals surface area contributed by atoms with E-state index in [-0.39, 0.29) is 0 Å². The van der Waals surface area contributed by atoms with Crippen molar-refractivity contribution in [1.82, 2.24) is 4.98 Å². The molecule has 0 bridgehead atoms. The predicted molar refractivity (Wildman–Crippen MR) is 121 cm³/mol. The number of para-hydroxylation sites is 1. The number of rotatable bonds is 3. The number of hydrogen-bond acceptors (Lipinski definition) is 2. The molecule has 1 aromatic heterocycles. The highest BCUT2D eigenvalue weighted by atomic mass is 32.1. The standard InChI is InChI=1S/C26H16F3NS/c27-26(28,29)22-8-4-7-21(16-22)20-6-3-5-19(15-20)17-11-13-18(14-12-17)25-30-23-9-1-2-10-24(23)31-25/h1-16H. The van der Waals surface area contributed by atoms with Gasteiger partial charge in [-0.25, -0.2) is 4.98 Å². The largest absolute Gasteiger partial charge is 0.416 e. The van der Waals surface area contributed by atoms with Gasteiger partial charge in [0, 0.05) is 5.56 Å². The average molecular weight is 431 g/mol. The van der Waals surface area contributed by atoms with Crippen LogP contribution >= 0.6 is 11.3 Å². The molecule has 0 fully saturated rings. The number of aromatic nitrogens is 1. The first-order valence-corrected chi connectivity index (χ1v) is 10.5. The van der Waals surface area contributed by atoms with Gasteiger partial charge in [0.2, 0.25) is 0 Å². The molecule has 152 valence electrons. The smallest absolute Gasteiger partial charge is 0.236 e. The van der Waals surface area contributed by atoms with Crippen LogP contribution in [-0.2, 0) is 6.18 Å². The molecular weight excluding hydrogens is 415 g/mol. The zero-order valence-electron chi connectivity index (χ0n) is 16.2. The van der Waals surface area contributed by atoms with Gasteiger partial charge in [0.25, 0.3) is 0 Å². The van der Waals surface area contributed by atoms with E-state index in [9.17, 15) is 13.2 Å². The average Bonchev–Trinajstić information content (AvgIpc) is 3.23. The Morgan fingerprint density at radius 3 is 1.90 bits per heavy atom. The number of nitrogens with zero attached hydrogens (tertiary/aromatic N) is 1. The van der Waals surface area contributed by atoms with Gasteiger partial charge in [0.05, 0.1) is 15.8 Å². The molecule has 1 nitrogen and oxygen atoms in total. The summed E-state index contributed by atoms with van der Waals surface area (Å²) < 4.78 is 40.4. The normalized spacial score (nSPS) is 11.7. The first-order valence-electron chi connectivity index (χ1n) is 9.71. The van der Waals surface area contributed by atoms with Crippen molar-refractivity contribution in [2.75, 3.05) is 0 Å². The van der Waals surface area contributed by atoms with Gasteiger partial charge in [-0.05, 0) is 52.6 Å². The van der Waals surface area contributed by atoms with Crippen LogP contribution in [0.25, 0.3) is 43.0 Å². The zero-order valence-corrected chi connectivity index (χ0v) is 17.0. The summed E-state index contributed by atoms with van der Waals surface area (Å²) in [5, 5.41) is 0.963. The van der Waals surface area contributed by atoms with Crippen molar-refractivity contribution in [2.45, 2.75) is 6.18 Å². The summed E-state index contributed by atoms with van der Waals surface area (Å²) in [7, 11) is 0. The lowest BCUT2D eigenvalue weighted by molar-refractivity contribution is -0.137. The summed E-state index contributed by atoms with van der Waals surface area (Å²) in [6.45, 7) is 0. The van der Waals surface area contributed by atoms with Crippen LogP contribution in [-0.4, -0.2) is 4.98 Å². The van der Waals surface area contributed by atoms with E-state index in [1.54, 1.807) is 17.4 Å². The molecule has 0 spiro atoms. The van der Waals surface area contributed by atoms with Crippen molar-refractivity contribution in [2.24, 2.45) is 0 Å². The van der Waals surface area contributed by atoms with Gasteiger partial charge >= 0.3 is 6.18 Å². The van der Waals surface area contributed by atoms with Crippen LogP contribution < -0.4 is 0 Å². The fourth-order valence-corrected chi connectivity index (χ4v) is 4.53. The van der Waals surface area contributed by atoms with Crippen molar-refractivity contribution < 1.29 is 13.2 Å². The lowest BCUT2D eigenvalue weighted by atomic mass is 9.97. The Labute approximate surface area is 181 Å². The zero-order chi connectivity index (χ0) is 21.4. The second-order valence-electron chi connectivity index (χ2n) is 7.22. The lowest BCUT2D eigenvalue weighted by Gasteiger charge is -2.10. The molecular formula is C26H16F3NS. The van der Waals surface area contributed by atoms with Crippen molar-refractivity contribution in [3.05, 3.63) is 103 Å². The maximum atomic E-state index is 13.1. The van der Waals surface area contributed by atoms with E-state index >= 15 is 0 Å². The molecule has 5 heteroatoms. The Morgan fingerprint density at radius 2 is 1.19 bits per heavy atom. The van der Waals surface area contributed by atoms with E-state index in [0.717, 1.165) is 43.5 Å². The van der Waals surface area contributed by atoms with Crippen LogP contribution in [0.4, 0.5) is 13.2 Å². The van der Waals surface area contributed by atoms with Crippen LogP contribution in [0, 0.1) is 0 Å². The molecule has 1 heterocycles. The third-order valence-electron chi connectivity index (χ3n) is 5.14. The Morgan fingerprint density at radius 1 is 0.581 bits per heavy atom. The summed E-state index contributed by atoms with van der Waals surface area (Å²) in [6, 6.07) is 29.1. The molecule has 0 saturated carbocycles. The number of thiazole rings is 1. The molecule has 5 aromatic rings. The van der Waals surface area contributed by atoms with Crippen LogP contribution in [0.3, 0.4) is 0 Å². The predicted octanol–water partition coefficient (Wildman–Crippen LogP) is 8.32. The highest BCUT2D eigenvalue weighted by Crippen LogP contribution is 2.34. The molecule has 0 atom stereocenters. The Hall–Kier alpha value is -3.44. The second-order valence-corrected chi connectivity index (χ2v) is 8.25. The summed E-state index contributed by atoms with van der Waals surface area (Å²) in [5.41, 5.74) is 4.63. The number of benzene rings is 4. The minimum atomic E-state index is -4.36. The van der Waals surface area contributed by atoms with Crippen LogP contribution in [0.1, 0.15) is 5.56 Å². The first kappa shape index (κ1) is 19.5. The summed E-state index contributed by atoms with van der Waals surface area (Å²) in [4.78, 5) is 4.69. The van der Waals surface area contributed by atoms with E-state index in [1.807, 2.05) is 66.7 Å². The van der Waals surface area contributed by atoms with Crippen molar-refractivity contribution >= 4 is 21.6 Å². The van der Waals surface area contributed by atoms with Gasteiger partial charge < -0.3 is 0 Å². The topological polar surface area (TPSA) is 12.9 Å². The lowest BCUT2D eigenvalue weighted by Crippen LogP contribution is -2.04. The molecule has 0 saturated heterocycles. The summed E-state index contributed by atoms with van der Waals surface area (Å²) >= 11 is 1.65. The van der Waals surface area contributed by atoms with Crippen LogP contribution in [0.2, 0.25) is 0 Å². The highest BCUT2D eigenvalue weighted by Gasteiger charge is 2.30. The molecule has 5 rings (SSSR count). The number of fused-ring (bicyclic) bond motifs is 1. The van der Waals surface area contributed by atoms with Gasteiger partial charge in [-0.15, -0.1) is 11.3 Å². The Bertz CT molecular complexity index is 1330. The maximum absolute atomic E-state index is 13.1. The van der Waals surface area contributed by atoms with Crippen molar-refractivity contribution in [1.29, 1.82) is 0 Å². The van der Waals surface area contributed by atoms with Crippen molar-refractivity contribution in [3.8, 4) is 32.8 Å². The summed E-state index contributed by atoms with van der Waals surface area (Å²) in [5.74, 6) is 0. The third kappa shape index (κ3) is 3.97. The van der Waals surface area contributed by atoms with Gasteiger partial charge in [0.15, 0.2) is 0 Å².